The van der Waals surface area contributed by atoms with Crippen molar-refractivity contribution >= 4 is 11.4 Å². The lowest BCUT2D eigenvalue weighted by molar-refractivity contribution is 0.813. The first-order valence-electron chi connectivity index (χ1n) is 6.99. The summed E-state index contributed by atoms with van der Waals surface area (Å²) in [5.74, 6) is 0.789. The van der Waals surface area contributed by atoms with Gasteiger partial charge in [-0.1, -0.05) is 6.08 Å². The summed E-state index contributed by atoms with van der Waals surface area (Å²) in [4.78, 5) is 10.7. The van der Waals surface area contributed by atoms with Crippen LogP contribution in [0.2, 0.25) is 0 Å². The molecule has 2 aromatic rings. The predicted octanol–water partition coefficient (Wildman–Crippen LogP) is 2.95. The number of aryl methyl sites for hydroxylation is 1. The maximum atomic E-state index is 9.37. The van der Waals surface area contributed by atoms with Crippen molar-refractivity contribution < 1.29 is 0 Å². The van der Waals surface area contributed by atoms with Crippen molar-refractivity contribution in [3.63, 3.8) is 0 Å². The first-order chi connectivity index (χ1) is 10.3. The van der Waals surface area contributed by atoms with Gasteiger partial charge in [0.05, 0.1) is 5.56 Å². The number of rotatable bonds is 2. The highest BCUT2D eigenvalue weighted by Crippen LogP contribution is 2.26. The van der Waals surface area contributed by atoms with Crippen molar-refractivity contribution in [1.29, 1.82) is 5.26 Å². The van der Waals surface area contributed by atoms with Crippen LogP contribution in [0.3, 0.4) is 0 Å². The second-order valence-corrected chi connectivity index (χ2v) is 5.11. The number of anilines is 1. The van der Waals surface area contributed by atoms with Gasteiger partial charge in [0.1, 0.15) is 11.9 Å². The lowest BCUT2D eigenvalue weighted by Gasteiger charge is -2.29. The largest absolute Gasteiger partial charge is 0.351 e. The van der Waals surface area contributed by atoms with E-state index in [0.29, 0.717) is 5.56 Å². The molecule has 0 spiro atoms. The van der Waals surface area contributed by atoms with Gasteiger partial charge < -0.3 is 4.90 Å². The lowest BCUT2D eigenvalue weighted by atomic mass is 10.0. The maximum Gasteiger partial charge on any atom is 0.147 e. The fourth-order valence-electron chi connectivity index (χ4n) is 2.62. The summed E-state index contributed by atoms with van der Waals surface area (Å²) >= 11 is 0. The molecule has 3 rings (SSSR count). The summed E-state index contributed by atoms with van der Waals surface area (Å²) in [6, 6.07) is 8.20. The summed E-state index contributed by atoms with van der Waals surface area (Å²) in [7, 11) is 0. The molecule has 4 nitrogen and oxygen atoms in total. The molecule has 0 aromatic carbocycles. The minimum Gasteiger partial charge on any atom is -0.351 e. The second kappa shape index (κ2) is 5.76. The quantitative estimate of drug-likeness (QED) is 0.846. The van der Waals surface area contributed by atoms with E-state index in [1.807, 2.05) is 25.1 Å². The average Bonchev–Trinajstić information content (AvgIpc) is 2.55. The molecule has 0 atom stereocenters. The Labute approximate surface area is 124 Å². The van der Waals surface area contributed by atoms with E-state index < -0.39 is 0 Å². The molecule has 2 aromatic heterocycles. The van der Waals surface area contributed by atoms with Gasteiger partial charge in [0, 0.05) is 31.7 Å². The SMILES string of the molecule is Cc1ccnc(N2CCC=C(c3ccncc3)C2)c1C#N. The van der Waals surface area contributed by atoms with Crippen LogP contribution in [0.15, 0.2) is 42.9 Å². The van der Waals surface area contributed by atoms with Crippen LogP contribution < -0.4 is 4.90 Å². The van der Waals surface area contributed by atoms with Crippen LogP contribution in [-0.2, 0) is 0 Å². The van der Waals surface area contributed by atoms with E-state index >= 15 is 0 Å². The fraction of sp³-hybridized carbons (Fsp3) is 0.235. The summed E-state index contributed by atoms with van der Waals surface area (Å²) < 4.78 is 0. The minimum atomic E-state index is 0.675. The third kappa shape index (κ3) is 2.63. The maximum absolute atomic E-state index is 9.37. The van der Waals surface area contributed by atoms with E-state index in [1.165, 1.54) is 11.1 Å². The van der Waals surface area contributed by atoms with E-state index in [1.54, 1.807) is 18.6 Å². The second-order valence-electron chi connectivity index (χ2n) is 5.11. The Morgan fingerprint density at radius 1 is 1.19 bits per heavy atom. The van der Waals surface area contributed by atoms with Gasteiger partial charge >= 0.3 is 0 Å². The molecule has 0 aliphatic carbocycles. The average molecular weight is 276 g/mol. The van der Waals surface area contributed by atoms with Crippen LogP contribution in [0.1, 0.15) is 23.1 Å². The van der Waals surface area contributed by atoms with Gasteiger partial charge in [-0.25, -0.2) is 4.98 Å². The van der Waals surface area contributed by atoms with E-state index in [0.717, 1.165) is 30.9 Å². The Kier molecular flexibility index (Phi) is 3.65. The van der Waals surface area contributed by atoms with Gasteiger partial charge in [0.25, 0.3) is 0 Å². The highest BCUT2D eigenvalue weighted by atomic mass is 15.2. The van der Waals surface area contributed by atoms with E-state index in [4.69, 9.17) is 0 Å². The Morgan fingerprint density at radius 2 is 2.00 bits per heavy atom. The third-order valence-electron chi connectivity index (χ3n) is 3.75. The molecule has 0 bridgehead atoms. The van der Waals surface area contributed by atoms with Crippen molar-refractivity contribution in [3.8, 4) is 6.07 Å². The Bertz CT molecular complexity index is 713. The van der Waals surface area contributed by atoms with Gasteiger partial charge in [-0.2, -0.15) is 5.26 Å². The smallest absolute Gasteiger partial charge is 0.147 e. The number of hydrogen-bond acceptors (Lipinski definition) is 4. The molecule has 104 valence electrons. The van der Waals surface area contributed by atoms with Gasteiger partial charge in [0.15, 0.2) is 0 Å². The summed E-state index contributed by atoms with van der Waals surface area (Å²) in [6.45, 7) is 3.61. The number of nitrogens with zero attached hydrogens (tertiary/aromatic N) is 4. The first kappa shape index (κ1) is 13.3. The summed E-state index contributed by atoms with van der Waals surface area (Å²) in [6.07, 6.45) is 8.60. The zero-order chi connectivity index (χ0) is 14.7. The molecule has 4 heteroatoms. The normalized spacial score (nSPS) is 14.5. The molecule has 0 saturated carbocycles. The van der Waals surface area contributed by atoms with E-state index in [9.17, 15) is 5.26 Å². The number of hydrogen-bond donors (Lipinski definition) is 0. The van der Waals surface area contributed by atoms with Crippen molar-refractivity contribution in [2.45, 2.75) is 13.3 Å². The van der Waals surface area contributed by atoms with Gasteiger partial charge in [-0.15, -0.1) is 0 Å². The molecular formula is C17H16N4. The Hall–Kier alpha value is -2.67. The minimum absolute atomic E-state index is 0.675. The van der Waals surface area contributed by atoms with Crippen LogP contribution in [0.25, 0.3) is 5.57 Å². The van der Waals surface area contributed by atoms with E-state index in [-0.39, 0.29) is 0 Å². The number of nitriles is 1. The summed E-state index contributed by atoms with van der Waals surface area (Å²) in [5.41, 5.74) is 4.09. The zero-order valence-electron chi connectivity index (χ0n) is 12.0. The van der Waals surface area contributed by atoms with Gasteiger partial charge in [-0.3, -0.25) is 4.98 Å². The van der Waals surface area contributed by atoms with Crippen LogP contribution in [-0.4, -0.2) is 23.1 Å². The molecule has 0 N–H and O–H groups in total. The van der Waals surface area contributed by atoms with Crippen molar-refractivity contribution in [3.05, 3.63) is 59.6 Å². The molecule has 0 radical (unpaired) electrons. The Balaban J connectivity index is 1.92. The molecule has 0 unspecified atom stereocenters. The molecule has 21 heavy (non-hydrogen) atoms. The molecule has 0 fully saturated rings. The predicted molar refractivity (Wildman–Crippen MR) is 82.7 cm³/mol. The molecular weight excluding hydrogens is 260 g/mol. The Morgan fingerprint density at radius 3 is 2.76 bits per heavy atom. The van der Waals surface area contributed by atoms with Crippen LogP contribution in [0.5, 0.6) is 0 Å². The van der Waals surface area contributed by atoms with Gasteiger partial charge in [-0.05, 0) is 48.2 Å². The molecule has 1 aliphatic heterocycles. The third-order valence-corrected chi connectivity index (χ3v) is 3.75. The topological polar surface area (TPSA) is 52.8 Å². The van der Waals surface area contributed by atoms with Crippen LogP contribution in [0.4, 0.5) is 5.82 Å². The number of pyridine rings is 2. The zero-order valence-corrected chi connectivity index (χ0v) is 12.0. The van der Waals surface area contributed by atoms with Crippen LogP contribution >= 0.6 is 0 Å². The molecule has 3 heterocycles. The van der Waals surface area contributed by atoms with Crippen molar-refractivity contribution in [2.75, 3.05) is 18.0 Å². The highest BCUT2D eigenvalue weighted by Gasteiger charge is 2.19. The molecule has 0 amide bonds. The number of aromatic nitrogens is 2. The lowest BCUT2D eigenvalue weighted by Crippen LogP contribution is -2.31. The van der Waals surface area contributed by atoms with Crippen molar-refractivity contribution in [2.24, 2.45) is 0 Å². The standard InChI is InChI=1S/C17H16N4/c1-13-4-9-20-17(16(13)11-18)21-10-2-3-15(12-21)14-5-7-19-8-6-14/h3-9H,2,10,12H2,1H3. The first-order valence-corrected chi connectivity index (χ1v) is 6.99. The van der Waals surface area contributed by atoms with E-state index in [2.05, 4.69) is 27.0 Å². The van der Waals surface area contributed by atoms with Crippen LogP contribution in [0, 0.1) is 18.3 Å². The summed E-state index contributed by atoms with van der Waals surface area (Å²) in [5, 5.41) is 9.37. The van der Waals surface area contributed by atoms with Gasteiger partial charge in [0.2, 0.25) is 0 Å². The fourth-order valence-corrected chi connectivity index (χ4v) is 2.62. The monoisotopic (exact) mass is 276 g/mol. The van der Waals surface area contributed by atoms with Crippen molar-refractivity contribution in [1.82, 2.24) is 9.97 Å². The molecule has 0 saturated heterocycles. The molecule has 1 aliphatic rings. The highest BCUT2D eigenvalue weighted by molar-refractivity contribution is 5.72.